The fourth-order valence-electron chi connectivity index (χ4n) is 2.63. The quantitative estimate of drug-likeness (QED) is 0.798. The molecule has 0 aromatic heterocycles. The molecule has 7 heteroatoms. The van der Waals surface area contributed by atoms with Crippen molar-refractivity contribution in [2.24, 2.45) is 0 Å². The van der Waals surface area contributed by atoms with Crippen molar-refractivity contribution in [1.29, 1.82) is 0 Å². The summed E-state index contributed by atoms with van der Waals surface area (Å²) in [6, 6.07) is 5.58. The van der Waals surface area contributed by atoms with Crippen LogP contribution in [0, 0.1) is 5.82 Å². The molecule has 0 bridgehead atoms. The van der Waals surface area contributed by atoms with E-state index in [2.05, 4.69) is 5.32 Å². The zero-order valence-electron chi connectivity index (χ0n) is 15.8. The molecule has 26 heavy (non-hydrogen) atoms. The van der Waals surface area contributed by atoms with Gasteiger partial charge in [0.1, 0.15) is 11.6 Å². The van der Waals surface area contributed by atoms with Crippen LogP contribution in [0.2, 0.25) is 0 Å². The molecule has 2 amide bonds. The van der Waals surface area contributed by atoms with E-state index in [4.69, 9.17) is 4.74 Å². The van der Waals surface area contributed by atoms with Crippen LogP contribution in [0.3, 0.4) is 0 Å². The van der Waals surface area contributed by atoms with E-state index in [1.807, 2.05) is 25.7 Å². The molecular formula is C19H28FN3O3. The lowest BCUT2D eigenvalue weighted by Gasteiger charge is -2.35. The number of carbonyl (C=O) groups is 2. The van der Waals surface area contributed by atoms with Crippen molar-refractivity contribution in [1.82, 2.24) is 15.1 Å². The molecule has 0 unspecified atom stereocenters. The van der Waals surface area contributed by atoms with E-state index in [0.29, 0.717) is 38.5 Å². The Kier molecular flexibility index (Phi) is 6.97. The molecule has 0 radical (unpaired) electrons. The summed E-state index contributed by atoms with van der Waals surface area (Å²) in [5, 5.41) is 3.02. The van der Waals surface area contributed by atoms with Gasteiger partial charge in [-0.05, 0) is 44.5 Å². The minimum Gasteiger partial charge on any atom is -0.484 e. The van der Waals surface area contributed by atoms with Crippen molar-refractivity contribution >= 4 is 11.8 Å². The predicted octanol–water partition coefficient (Wildman–Crippen LogP) is 1.65. The molecule has 1 fully saturated rings. The molecule has 0 aliphatic carbocycles. The SMILES string of the molecule is CCC(C)(C)NC(=O)CN1CCN(C(=O)COc2ccc(F)cc2)CC1. The van der Waals surface area contributed by atoms with Gasteiger partial charge in [0.2, 0.25) is 5.91 Å². The number of carbonyl (C=O) groups excluding carboxylic acids is 2. The molecule has 1 heterocycles. The molecule has 144 valence electrons. The van der Waals surface area contributed by atoms with Crippen LogP contribution in [0.5, 0.6) is 5.75 Å². The second kappa shape index (κ2) is 8.98. The highest BCUT2D eigenvalue weighted by molar-refractivity contribution is 5.79. The Bertz CT molecular complexity index is 611. The standard InChI is InChI=1S/C19H28FN3O3/c1-4-19(2,3)21-17(24)13-22-9-11-23(12-10-22)18(25)14-26-16-7-5-15(20)6-8-16/h5-8H,4,9-14H2,1-3H3,(H,21,24). The highest BCUT2D eigenvalue weighted by Crippen LogP contribution is 2.12. The number of hydrogen-bond donors (Lipinski definition) is 1. The molecular weight excluding hydrogens is 337 g/mol. The van der Waals surface area contributed by atoms with E-state index in [1.165, 1.54) is 24.3 Å². The average molecular weight is 365 g/mol. The lowest BCUT2D eigenvalue weighted by Crippen LogP contribution is -2.53. The van der Waals surface area contributed by atoms with Crippen molar-refractivity contribution in [3.05, 3.63) is 30.1 Å². The zero-order chi connectivity index (χ0) is 19.2. The Morgan fingerprint density at radius 2 is 1.77 bits per heavy atom. The van der Waals surface area contributed by atoms with Gasteiger partial charge in [-0.15, -0.1) is 0 Å². The Morgan fingerprint density at radius 1 is 1.15 bits per heavy atom. The maximum Gasteiger partial charge on any atom is 0.260 e. The Morgan fingerprint density at radius 3 is 2.35 bits per heavy atom. The van der Waals surface area contributed by atoms with E-state index in [-0.39, 0.29) is 29.8 Å². The fraction of sp³-hybridized carbons (Fsp3) is 0.579. The molecule has 6 nitrogen and oxygen atoms in total. The summed E-state index contributed by atoms with van der Waals surface area (Å²) in [4.78, 5) is 28.1. The van der Waals surface area contributed by atoms with Crippen LogP contribution in [0.4, 0.5) is 4.39 Å². The third kappa shape index (κ3) is 6.29. The van der Waals surface area contributed by atoms with E-state index in [1.54, 1.807) is 4.90 Å². The topological polar surface area (TPSA) is 61.9 Å². The van der Waals surface area contributed by atoms with Crippen LogP contribution >= 0.6 is 0 Å². The first-order valence-electron chi connectivity index (χ1n) is 8.98. The minimum atomic E-state index is -0.342. The van der Waals surface area contributed by atoms with Gasteiger partial charge < -0.3 is 15.0 Å². The van der Waals surface area contributed by atoms with Gasteiger partial charge in [0, 0.05) is 31.7 Å². The number of rotatable bonds is 7. The number of piperazine rings is 1. The van der Waals surface area contributed by atoms with Crippen LogP contribution in [-0.4, -0.2) is 66.5 Å². The van der Waals surface area contributed by atoms with Crippen molar-refractivity contribution in [3.63, 3.8) is 0 Å². The number of benzene rings is 1. The number of ether oxygens (including phenoxy) is 1. The van der Waals surface area contributed by atoms with Crippen molar-refractivity contribution in [2.45, 2.75) is 32.7 Å². The molecule has 1 aromatic rings. The van der Waals surface area contributed by atoms with Gasteiger partial charge >= 0.3 is 0 Å². The van der Waals surface area contributed by atoms with Crippen molar-refractivity contribution in [2.75, 3.05) is 39.3 Å². The maximum absolute atomic E-state index is 12.9. The summed E-state index contributed by atoms with van der Waals surface area (Å²) in [6.45, 7) is 8.76. The van der Waals surface area contributed by atoms with Gasteiger partial charge in [-0.1, -0.05) is 6.92 Å². The molecule has 0 saturated carbocycles. The van der Waals surface area contributed by atoms with Crippen LogP contribution in [0.1, 0.15) is 27.2 Å². The van der Waals surface area contributed by atoms with Crippen LogP contribution in [0.25, 0.3) is 0 Å². The molecule has 0 spiro atoms. The number of halogens is 1. The first-order chi connectivity index (χ1) is 12.3. The van der Waals surface area contributed by atoms with Crippen LogP contribution < -0.4 is 10.1 Å². The smallest absolute Gasteiger partial charge is 0.260 e. The second-order valence-corrected chi connectivity index (χ2v) is 7.19. The highest BCUT2D eigenvalue weighted by atomic mass is 19.1. The number of nitrogens with zero attached hydrogens (tertiary/aromatic N) is 2. The summed E-state index contributed by atoms with van der Waals surface area (Å²) in [7, 11) is 0. The largest absolute Gasteiger partial charge is 0.484 e. The number of hydrogen-bond acceptors (Lipinski definition) is 4. The summed E-state index contributed by atoms with van der Waals surface area (Å²) < 4.78 is 18.2. The lowest BCUT2D eigenvalue weighted by molar-refractivity contribution is -0.135. The molecule has 1 aliphatic rings. The van der Waals surface area contributed by atoms with Crippen molar-refractivity contribution in [3.8, 4) is 5.75 Å². The van der Waals surface area contributed by atoms with Gasteiger partial charge in [-0.3, -0.25) is 14.5 Å². The van der Waals surface area contributed by atoms with Gasteiger partial charge in [-0.2, -0.15) is 0 Å². The summed E-state index contributed by atoms with van der Waals surface area (Å²) in [5.41, 5.74) is -0.202. The third-order valence-electron chi connectivity index (χ3n) is 4.63. The third-order valence-corrected chi connectivity index (χ3v) is 4.63. The Balaban J connectivity index is 1.71. The molecule has 1 saturated heterocycles. The number of amides is 2. The zero-order valence-corrected chi connectivity index (χ0v) is 15.8. The second-order valence-electron chi connectivity index (χ2n) is 7.19. The van der Waals surface area contributed by atoms with E-state index in [9.17, 15) is 14.0 Å². The lowest BCUT2D eigenvalue weighted by atomic mass is 10.0. The molecule has 2 rings (SSSR count). The van der Waals surface area contributed by atoms with Gasteiger partial charge in [0.15, 0.2) is 6.61 Å². The Hall–Kier alpha value is -2.15. The van der Waals surface area contributed by atoms with Crippen LogP contribution in [0.15, 0.2) is 24.3 Å². The minimum absolute atomic E-state index is 0.0104. The van der Waals surface area contributed by atoms with E-state index >= 15 is 0 Å². The highest BCUT2D eigenvalue weighted by Gasteiger charge is 2.24. The van der Waals surface area contributed by atoms with Crippen LogP contribution in [-0.2, 0) is 9.59 Å². The van der Waals surface area contributed by atoms with Gasteiger partial charge in [-0.25, -0.2) is 4.39 Å². The molecule has 1 aromatic carbocycles. The summed E-state index contributed by atoms with van der Waals surface area (Å²) >= 11 is 0. The summed E-state index contributed by atoms with van der Waals surface area (Å²) in [5.74, 6) is 0.0292. The van der Waals surface area contributed by atoms with E-state index in [0.717, 1.165) is 6.42 Å². The summed E-state index contributed by atoms with van der Waals surface area (Å²) in [6.07, 6.45) is 0.870. The van der Waals surface area contributed by atoms with Crippen molar-refractivity contribution < 1.29 is 18.7 Å². The number of nitrogens with one attached hydrogen (secondary N) is 1. The predicted molar refractivity (Wildman–Crippen MR) is 97.4 cm³/mol. The van der Waals surface area contributed by atoms with Gasteiger partial charge in [0.05, 0.1) is 6.54 Å². The maximum atomic E-state index is 12.9. The molecule has 1 N–H and O–H groups in total. The first-order valence-corrected chi connectivity index (χ1v) is 8.98. The first kappa shape index (κ1) is 20.2. The van der Waals surface area contributed by atoms with Gasteiger partial charge in [0.25, 0.3) is 5.91 Å². The van der Waals surface area contributed by atoms with E-state index < -0.39 is 0 Å². The average Bonchev–Trinajstić information content (AvgIpc) is 2.61. The molecule has 0 atom stereocenters. The monoisotopic (exact) mass is 365 g/mol. The fourth-order valence-corrected chi connectivity index (χ4v) is 2.63. The molecule has 1 aliphatic heterocycles. The Labute approximate surface area is 154 Å². The normalized spacial score (nSPS) is 15.6.